The van der Waals surface area contributed by atoms with E-state index in [4.69, 9.17) is 9.47 Å². The van der Waals surface area contributed by atoms with Gasteiger partial charge < -0.3 is 14.8 Å². The first-order valence-corrected chi connectivity index (χ1v) is 8.16. The Morgan fingerprint density at radius 2 is 1.67 bits per heavy atom. The van der Waals surface area contributed by atoms with Crippen LogP contribution in [0.4, 0.5) is 0 Å². The van der Waals surface area contributed by atoms with Crippen LogP contribution < -0.4 is 14.8 Å². The molecule has 1 aromatic carbocycles. The largest absolute Gasteiger partial charge is 0.493 e. The molecule has 0 amide bonds. The smallest absolute Gasteiger partial charge is 0.161 e. The van der Waals surface area contributed by atoms with Gasteiger partial charge in [0, 0.05) is 6.04 Å². The van der Waals surface area contributed by atoms with E-state index in [1.165, 1.54) is 36.8 Å². The van der Waals surface area contributed by atoms with E-state index >= 15 is 0 Å². The molecular weight excluding hydrogens is 262 g/mol. The lowest BCUT2D eigenvalue weighted by Crippen LogP contribution is -2.19. The number of benzene rings is 1. The van der Waals surface area contributed by atoms with Crippen molar-refractivity contribution >= 4 is 0 Å². The lowest BCUT2D eigenvalue weighted by atomic mass is 9.95. The minimum Gasteiger partial charge on any atom is -0.493 e. The molecule has 0 aromatic heterocycles. The monoisotopic (exact) mass is 293 g/mol. The van der Waals surface area contributed by atoms with E-state index in [1.54, 1.807) is 14.2 Å². The van der Waals surface area contributed by atoms with Crippen molar-refractivity contribution in [3.8, 4) is 11.5 Å². The molecule has 0 radical (unpaired) electrons. The fourth-order valence-corrected chi connectivity index (χ4v) is 2.71. The number of nitrogens with one attached hydrogen (secondary N) is 1. The number of rotatable bonds is 10. The topological polar surface area (TPSA) is 30.5 Å². The maximum Gasteiger partial charge on any atom is 0.161 e. The Hall–Kier alpha value is -1.22. The van der Waals surface area contributed by atoms with Gasteiger partial charge >= 0.3 is 0 Å². The molecule has 120 valence electrons. The first-order valence-electron chi connectivity index (χ1n) is 8.16. The predicted octanol–water partition coefficient (Wildman–Crippen LogP) is 4.50. The Bertz CT molecular complexity index is 418. The van der Waals surface area contributed by atoms with Crippen LogP contribution in [0.15, 0.2) is 12.1 Å². The highest BCUT2D eigenvalue weighted by atomic mass is 16.5. The second-order valence-corrected chi connectivity index (χ2v) is 5.50. The average molecular weight is 293 g/mol. The minimum absolute atomic E-state index is 0.330. The van der Waals surface area contributed by atoms with E-state index in [0.717, 1.165) is 24.5 Å². The number of hydrogen-bond acceptors (Lipinski definition) is 3. The Morgan fingerprint density at radius 3 is 2.24 bits per heavy atom. The van der Waals surface area contributed by atoms with Gasteiger partial charge in [-0.2, -0.15) is 0 Å². The molecule has 0 unspecified atom stereocenters. The number of ether oxygens (including phenoxy) is 2. The maximum absolute atomic E-state index is 5.45. The van der Waals surface area contributed by atoms with Crippen LogP contribution in [0.5, 0.6) is 11.5 Å². The van der Waals surface area contributed by atoms with E-state index in [-0.39, 0.29) is 0 Å². The highest BCUT2D eigenvalue weighted by Gasteiger charge is 2.15. The quantitative estimate of drug-likeness (QED) is 0.644. The van der Waals surface area contributed by atoms with E-state index in [1.807, 2.05) is 0 Å². The van der Waals surface area contributed by atoms with Crippen LogP contribution in [0, 0.1) is 0 Å². The molecule has 0 saturated heterocycles. The number of unbranched alkanes of at least 4 members (excludes halogenated alkanes) is 3. The van der Waals surface area contributed by atoms with Gasteiger partial charge in [0.2, 0.25) is 0 Å². The summed E-state index contributed by atoms with van der Waals surface area (Å²) in [4.78, 5) is 0. The van der Waals surface area contributed by atoms with Crippen molar-refractivity contribution < 1.29 is 9.47 Å². The van der Waals surface area contributed by atoms with Crippen LogP contribution in [0.3, 0.4) is 0 Å². The van der Waals surface area contributed by atoms with Gasteiger partial charge in [0.1, 0.15) is 0 Å². The van der Waals surface area contributed by atoms with Gasteiger partial charge in [-0.15, -0.1) is 0 Å². The molecule has 21 heavy (non-hydrogen) atoms. The second-order valence-electron chi connectivity index (χ2n) is 5.50. The minimum atomic E-state index is 0.330. The molecule has 0 fully saturated rings. The molecule has 0 bridgehead atoms. The van der Waals surface area contributed by atoms with Crippen molar-refractivity contribution in [1.29, 1.82) is 0 Å². The molecule has 3 nitrogen and oxygen atoms in total. The van der Waals surface area contributed by atoms with Crippen LogP contribution in [-0.2, 0) is 6.42 Å². The summed E-state index contributed by atoms with van der Waals surface area (Å²) in [6.07, 6.45) is 6.21. The Labute approximate surface area is 130 Å². The third kappa shape index (κ3) is 5.24. The zero-order chi connectivity index (χ0) is 15.7. The second kappa shape index (κ2) is 9.67. The Balaban J connectivity index is 2.99. The fourth-order valence-electron chi connectivity index (χ4n) is 2.71. The summed E-state index contributed by atoms with van der Waals surface area (Å²) in [5.74, 6) is 1.64. The number of hydrogen-bond donors (Lipinski definition) is 1. The van der Waals surface area contributed by atoms with Crippen LogP contribution in [-0.4, -0.2) is 20.8 Å². The molecule has 1 atom stereocenters. The maximum atomic E-state index is 5.45. The molecule has 0 saturated carbocycles. The van der Waals surface area contributed by atoms with Gasteiger partial charge in [-0.3, -0.25) is 0 Å². The molecule has 1 aromatic rings. The zero-order valence-electron chi connectivity index (χ0n) is 14.3. The Kier molecular flexibility index (Phi) is 8.21. The van der Waals surface area contributed by atoms with Gasteiger partial charge in [0.05, 0.1) is 14.2 Å². The summed E-state index contributed by atoms with van der Waals surface area (Å²) in [6, 6.07) is 4.60. The molecule has 0 aliphatic rings. The molecule has 3 heteroatoms. The SMILES string of the molecule is CCCCCCc1cc(OC)c(OC)cc1[C@@H](C)NCC. The average Bonchev–Trinajstić information content (AvgIpc) is 2.51. The molecule has 1 N–H and O–H groups in total. The summed E-state index contributed by atoms with van der Waals surface area (Å²) in [7, 11) is 3.40. The first-order chi connectivity index (χ1) is 10.2. The van der Waals surface area contributed by atoms with E-state index in [0.29, 0.717) is 6.04 Å². The molecule has 0 aliphatic heterocycles. The molecule has 0 heterocycles. The van der Waals surface area contributed by atoms with E-state index in [2.05, 4.69) is 38.2 Å². The van der Waals surface area contributed by atoms with Crippen LogP contribution in [0.2, 0.25) is 0 Å². The van der Waals surface area contributed by atoms with Crippen LogP contribution in [0.1, 0.15) is 63.6 Å². The Morgan fingerprint density at radius 1 is 1.00 bits per heavy atom. The highest BCUT2D eigenvalue weighted by molar-refractivity contribution is 5.48. The third-order valence-electron chi connectivity index (χ3n) is 3.92. The number of methoxy groups -OCH3 is 2. The van der Waals surface area contributed by atoms with Crippen LogP contribution in [0.25, 0.3) is 0 Å². The van der Waals surface area contributed by atoms with Gasteiger partial charge in [-0.1, -0.05) is 33.1 Å². The highest BCUT2D eigenvalue weighted by Crippen LogP contribution is 2.34. The van der Waals surface area contributed by atoms with Crippen molar-refractivity contribution in [2.45, 2.75) is 58.9 Å². The third-order valence-corrected chi connectivity index (χ3v) is 3.92. The lowest BCUT2D eigenvalue weighted by Gasteiger charge is -2.20. The van der Waals surface area contributed by atoms with Crippen molar-refractivity contribution in [2.75, 3.05) is 20.8 Å². The summed E-state index contributed by atoms with van der Waals surface area (Å²) in [6.45, 7) is 7.55. The van der Waals surface area contributed by atoms with Gasteiger partial charge in [-0.05, 0) is 49.6 Å². The van der Waals surface area contributed by atoms with Crippen molar-refractivity contribution in [1.82, 2.24) is 5.32 Å². The lowest BCUT2D eigenvalue weighted by molar-refractivity contribution is 0.353. The van der Waals surface area contributed by atoms with E-state index < -0.39 is 0 Å². The van der Waals surface area contributed by atoms with Gasteiger partial charge in [0.25, 0.3) is 0 Å². The van der Waals surface area contributed by atoms with Gasteiger partial charge in [-0.25, -0.2) is 0 Å². The fraction of sp³-hybridized carbons (Fsp3) is 0.667. The molecule has 0 aliphatic carbocycles. The summed E-state index contributed by atoms with van der Waals surface area (Å²) in [5, 5.41) is 3.50. The summed E-state index contributed by atoms with van der Waals surface area (Å²) < 4.78 is 10.9. The van der Waals surface area contributed by atoms with Crippen LogP contribution >= 0.6 is 0 Å². The summed E-state index contributed by atoms with van der Waals surface area (Å²) >= 11 is 0. The zero-order valence-corrected chi connectivity index (χ0v) is 14.3. The molecule has 0 spiro atoms. The normalized spacial score (nSPS) is 12.2. The van der Waals surface area contributed by atoms with E-state index in [9.17, 15) is 0 Å². The van der Waals surface area contributed by atoms with Crippen molar-refractivity contribution in [3.05, 3.63) is 23.3 Å². The summed E-state index contributed by atoms with van der Waals surface area (Å²) in [5.41, 5.74) is 2.70. The molecular formula is C18H31NO2. The van der Waals surface area contributed by atoms with Crippen molar-refractivity contribution in [3.63, 3.8) is 0 Å². The van der Waals surface area contributed by atoms with Gasteiger partial charge in [0.15, 0.2) is 11.5 Å². The predicted molar refractivity (Wildman–Crippen MR) is 89.5 cm³/mol. The number of aryl methyl sites for hydroxylation is 1. The molecule has 1 rings (SSSR count). The first kappa shape index (κ1) is 17.8. The standard InChI is InChI=1S/C18H31NO2/c1-6-8-9-10-11-15-12-17(20-4)18(21-5)13-16(15)14(3)19-7-2/h12-14,19H,6-11H2,1-5H3/t14-/m1/s1. The van der Waals surface area contributed by atoms with Crippen molar-refractivity contribution in [2.24, 2.45) is 0 Å².